The highest BCUT2D eigenvalue weighted by molar-refractivity contribution is 6.06. The molecule has 1 fully saturated rings. The molecule has 0 spiro atoms. The zero-order chi connectivity index (χ0) is 10.6. The predicted molar refractivity (Wildman–Crippen MR) is 47.5 cm³/mol. The first kappa shape index (κ1) is 10.7. The Hall–Kier alpha value is -1.39. The Labute approximate surface area is 81.8 Å². The molecule has 1 saturated carbocycles. The van der Waals surface area contributed by atoms with Gasteiger partial charge in [-0.3, -0.25) is 14.9 Å². The van der Waals surface area contributed by atoms with Gasteiger partial charge in [0.1, 0.15) is 5.78 Å². The quantitative estimate of drug-likeness (QED) is 0.662. The fraction of sp³-hybridized carbons (Fsp3) is 0.667. The number of imide groups is 1. The summed E-state index contributed by atoms with van der Waals surface area (Å²) in [6.07, 6.45) is 0.905. The molecular weight excluding hydrogens is 186 g/mol. The van der Waals surface area contributed by atoms with Crippen LogP contribution in [0.5, 0.6) is 0 Å². The van der Waals surface area contributed by atoms with Crippen molar-refractivity contribution in [2.24, 2.45) is 5.92 Å². The van der Waals surface area contributed by atoms with Crippen LogP contribution in [0.3, 0.4) is 0 Å². The summed E-state index contributed by atoms with van der Waals surface area (Å²) in [5.74, 6) is -1.28. The number of ether oxygens (including phenoxy) is 1. The summed E-state index contributed by atoms with van der Waals surface area (Å²) in [6, 6.07) is 0. The van der Waals surface area contributed by atoms with Crippen molar-refractivity contribution in [3.63, 3.8) is 0 Å². The standard InChI is InChI=1S/C9H13NO4/c1-2-14-9(13)10-8(12)6-4-3-5-7(6)11/h6H,2-5H2,1H3,(H,10,12,13). The molecular formula is C9H13NO4. The first-order valence-corrected chi connectivity index (χ1v) is 4.65. The van der Waals surface area contributed by atoms with Crippen LogP contribution in [-0.4, -0.2) is 24.4 Å². The van der Waals surface area contributed by atoms with Gasteiger partial charge in [0.15, 0.2) is 0 Å². The summed E-state index contributed by atoms with van der Waals surface area (Å²) in [4.78, 5) is 33.3. The largest absolute Gasteiger partial charge is 0.450 e. The molecule has 5 heteroatoms. The minimum Gasteiger partial charge on any atom is -0.450 e. The Morgan fingerprint density at radius 3 is 2.79 bits per heavy atom. The van der Waals surface area contributed by atoms with Gasteiger partial charge in [-0.2, -0.15) is 0 Å². The number of rotatable bonds is 2. The van der Waals surface area contributed by atoms with E-state index in [1.54, 1.807) is 6.92 Å². The number of nitrogens with one attached hydrogen (secondary N) is 1. The van der Waals surface area contributed by atoms with Gasteiger partial charge in [-0.15, -0.1) is 0 Å². The van der Waals surface area contributed by atoms with Gasteiger partial charge in [0.2, 0.25) is 5.91 Å². The van der Waals surface area contributed by atoms with Crippen molar-refractivity contribution in [3.8, 4) is 0 Å². The van der Waals surface area contributed by atoms with E-state index in [4.69, 9.17) is 0 Å². The molecule has 0 radical (unpaired) electrons. The van der Waals surface area contributed by atoms with Crippen LogP contribution >= 0.6 is 0 Å². The molecule has 0 saturated heterocycles. The predicted octanol–water partition coefficient (Wildman–Crippen LogP) is 0.628. The van der Waals surface area contributed by atoms with Crippen LogP contribution < -0.4 is 5.32 Å². The lowest BCUT2D eigenvalue weighted by Gasteiger charge is -2.07. The molecule has 0 aromatic carbocycles. The van der Waals surface area contributed by atoms with Crippen molar-refractivity contribution in [3.05, 3.63) is 0 Å². The minimum absolute atomic E-state index is 0.0909. The second-order valence-electron chi connectivity index (χ2n) is 3.12. The summed E-state index contributed by atoms with van der Waals surface area (Å²) in [5, 5.41) is 2.03. The zero-order valence-electron chi connectivity index (χ0n) is 8.04. The average Bonchev–Trinajstić information content (AvgIpc) is 2.51. The Morgan fingerprint density at radius 1 is 1.57 bits per heavy atom. The van der Waals surface area contributed by atoms with Gasteiger partial charge in [0, 0.05) is 6.42 Å². The van der Waals surface area contributed by atoms with E-state index < -0.39 is 17.9 Å². The van der Waals surface area contributed by atoms with Crippen LogP contribution in [0.25, 0.3) is 0 Å². The number of amides is 2. The topological polar surface area (TPSA) is 72.5 Å². The molecule has 0 heterocycles. The van der Waals surface area contributed by atoms with Gasteiger partial charge in [-0.05, 0) is 19.8 Å². The Kier molecular flexibility index (Phi) is 3.62. The fourth-order valence-corrected chi connectivity index (χ4v) is 1.45. The molecule has 1 unspecified atom stereocenters. The van der Waals surface area contributed by atoms with E-state index in [-0.39, 0.29) is 12.4 Å². The average molecular weight is 199 g/mol. The highest BCUT2D eigenvalue weighted by Crippen LogP contribution is 2.21. The van der Waals surface area contributed by atoms with E-state index in [2.05, 4.69) is 4.74 Å². The monoisotopic (exact) mass is 199 g/mol. The number of ketones is 1. The number of carbonyl (C=O) groups excluding carboxylic acids is 3. The van der Waals surface area contributed by atoms with Crippen molar-refractivity contribution in [2.75, 3.05) is 6.61 Å². The van der Waals surface area contributed by atoms with E-state index in [0.717, 1.165) is 6.42 Å². The van der Waals surface area contributed by atoms with Crippen LogP contribution in [0, 0.1) is 5.92 Å². The van der Waals surface area contributed by atoms with Crippen LogP contribution in [0.2, 0.25) is 0 Å². The van der Waals surface area contributed by atoms with Gasteiger partial charge in [-0.25, -0.2) is 4.79 Å². The van der Waals surface area contributed by atoms with E-state index in [9.17, 15) is 14.4 Å². The minimum atomic E-state index is -0.780. The maximum absolute atomic E-state index is 11.3. The Morgan fingerprint density at radius 2 is 2.29 bits per heavy atom. The molecule has 78 valence electrons. The van der Waals surface area contributed by atoms with Crippen molar-refractivity contribution >= 4 is 17.8 Å². The van der Waals surface area contributed by atoms with E-state index >= 15 is 0 Å². The molecule has 0 aromatic heterocycles. The van der Waals surface area contributed by atoms with Crippen molar-refractivity contribution < 1.29 is 19.1 Å². The molecule has 0 bridgehead atoms. The summed E-state index contributed by atoms with van der Waals surface area (Å²) >= 11 is 0. The molecule has 0 aliphatic heterocycles. The van der Waals surface area contributed by atoms with E-state index in [0.29, 0.717) is 12.8 Å². The molecule has 14 heavy (non-hydrogen) atoms. The van der Waals surface area contributed by atoms with E-state index in [1.165, 1.54) is 0 Å². The summed E-state index contributed by atoms with van der Waals surface area (Å²) in [7, 11) is 0. The maximum atomic E-state index is 11.3. The maximum Gasteiger partial charge on any atom is 0.413 e. The Bertz CT molecular complexity index is 262. The normalized spacial score (nSPS) is 20.6. The smallest absolute Gasteiger partial charge is 0.413 e. The number of alkyl carbamates (subject to hydrolysis) is 1. The summed E-state index contributed by atoms with van der Waals surface area (Å²) in [5.41, 5.74) is 0. The zero-order valence-corrected chi connectivity index (χ0v) is 8.04. The molecule has 5 nitrogen and oxygen atoms in total. The second-order valence-corrected chi connectivity index (χ2v) is 3.12. The first-order valence-electron chi connectivity index (χ1n) is 4.65. The third-order valence-corrected chi connectivity index (χ3v) is 2.12. The first-order chi connectivity index (χ1) is 6.65. The summed E-state index contributed by atoms with van der Waals surface area (Å²) in [6.45, 7) is 1.85. The van der Waals surface area contributed by atoms with Gasteiger partial charge in [0.25, 0.3) is 0 Å². The van der Waals surface area contributed by atoms with Crippen LogP contribution in [0.4, 0.5) is 4.79 Å². The lowest BCUT2D eigenvalue weighted by Crippen LogP contribution is -2.37. The lowest BCUT2D eigenvalue weighted by atomic mass is 10.1. The molecule has 1 atom stereocenters. The van der Waals surface area contributed by atoms with Crippen molar-refractivity contribution in [1.82, 2.24) is 5.32 Å². The highest BCUT2D eigenvalue weighted by atomic mass is 16.5. The van der Waals surface area contributed by atoms with Gasteiger partial charge in [-0.1, -0.05) is 0 Å². The van der Waals surface area contributed by atoms with Crippen LogP contribution in [0.15, 0.2) is 0 Å². The fourth-order valence-electron chi connectivity index (χ4n) is 1.45. The molecule has 1 aliphatic carbocycles. The van der Waals surface area contributed by atoms with Crippen LogP contribution in [-0.2, 0) is 14.3 Å². The number of Topliss-reactive ketones (excluding diaryl/α,β-unsaturated/α-hetero) is 1. The van der Waals surface area contributed by atoms with Gasteiger partial charge < -0.3 is 4.74 Å². The molecule has 2 amide bonds. The van der Waals surface area contributed by atoms with Crippen molar-refractivity contribution in [2.45, 2.75) is 26.2 Å². The number of hydrogen-bond acceptors (Lipinski definition) is 4. The van der Waals surface area contributed by atoms with Gasteiger partial charge in [0.05, 0.1) is 12.5 Å². The molecule has 1 N–H and O–H groups in total. The Balaban J connectivity index is 2.41. The number of hydrogen-bond donors (Lipinski definition) is 1. The molecule has 1 rings (SSSR count). The third-order valence-electron chi connectivity index (χ3n) is 2.12. The molecule has 1 aliphatic rings. The molecule has 0 aromatic rings. The SMILES string of the molecule is CCOC(=O)NC(=O)C1CCCC1=O. The van der Waals surface area contributed by atoms with Crippen LogP contribution in [0.1, 0.15) is 26.2 Å². The highest BCUT2D eigenvalue weighted by Gasteiger charge is 2.31. The summed E-state index contributed by atoms with van der Waals surface area (Å²) < 4.78 is 4.53. The second kappa shape index (κ2) is 4.74. The van der Waals surface area contributed by atoms with Gasteiger partial charge >= 0.3 is 6.09 Å². The van der Waals surface area contributed by atoms with Crippen molar-refractivity contribution in [1.29, 1.82) is 0 Å². The third kappa shape index (κ3) is 2.55. The number of carbonyl (C=O) groups is 3. The van der Waals surface area contributed by atoms with E-state index in [1.807, 2.05) is 5.32 Å². The lowest BCUT2D eigenvalue weighted by molar-refractivity contribution is -0.131.